The zero-order valence-electron chi connectivity index (χ0n) is 10.9. The van der Waals surface area contributed by atoms with Gasteiger partial charge in [0, 0.05) is 17.1 Å². The summed E-state index contributed by atoms with van der Waals surface area (Å²) in [5, 5.41) is 21.9. The molecular formula is C13H8N6OS. The van der Waals surface area contributed by atoms with Crippen LogP contribution >= 0.6 is 11.5 Å². The molecule has 0 radical (unpaired) electrons. The maximum atomic E-state index is 12.1. The quantitative estimate of drug-likeness (QED) is 0.523. The van der Waals surface area contributed by atoms with Crippen LogP contribution in [0.5, 0.6) is 0 Å². The zero-order chi connectivity index (χ0) is 15.2. The summed E-state index contributed by atoms with van der Waals surface area (Å²) in [4.78, 5) is 16.1. The average molecular weight is 296 g/mol. The van der Waals surface area contributed by atoms with Gasteiger partial charge < -0.3 is 0 Å². The molecule has 1 aromatic heterocycles. The van der Waals surface area contributed by atoms with E-state index in [0.29, 0.717) is 16.5 Å². The van der Waals surface area contributed by atoms with E-state index in [1.54, 1.807) is 13.0 Å². The minimum Gasteiger partial charge on any atom is -0.286 e. The molecular weight excluding hydrogens is 288 g/mol. The van der Waals surface area contributed by atoms with Crippen LogP contribution < -0.4 is 5.43 Å². The third-order valence-corrected chi connectivity index (χ3v) is 3.10. The van der Waals surface area contributed by atoms with Gasteiger partial charge >= 0.3 is 0 Å². The maximum Gasteiger partial charge on any atom is 0.223 e. The number of aromatic nitrogens is 2. The first kappa shape index (κ1) is 14.3. The molecule has 102 valence electrons. The number of nitriles is 2. The number of hydrogen-bond donors (Lipinski definition) is 1. The number of ketones is 1. The number of carbonyl (C=O) groups is 1. The molecule has 0 aliphatic carbocycles. The van der Waals surface area contributed by atoms with Crippen molar-refractivity contribution in [3.63, 3.8) is 0 Å². The lowest BCUT2D eigenvalue weighted by Gasteiger charge is -1.99. The molecule has 0 saturated heterocycles. The van der Waals surface area contributed by atoms with Gasteiger partial charge in [-0.15, -0.1) is 0 Å². The van der Waals surface area contributed by atoms with E-state index in [2.05, 4.69) is 19.9 Å². The first-order valence-corrected chi connectivity index (χ1v) is 6.50. The first-order chi connectivity index (χ1) is 10.1. The Labute approximate surface area is 124 Å². The fourth-order valence-electron chi connectivity index (χ4n) is 1.41. The van der Waals surface area contributed by atoms with Crippen LogP contribution in [0, 0.1) is 29.6 Å². The van der Waals surface area contributed by atoms with Gasteiger partial charge in [0.05, 0.1) is 11.6 Å². The SMILES string of the molecule is Cc1nsc(N/N=C(\C#N)C(=O)c2ccc(C#N)cc2)n1. The summed E-state index contributed by atoms with van der Waals surface area (Å²) in [7, 11) is 0. The number of carbonyl (C=O) groups excluding carboxylic acids is 1. The molecule has 0 fully saturated rings. The van der Waals surface area contributed by atoms with Gasteiger partial charge in [0.2, 0.25) is 16.6 Å². The second kappa shape index (κ2) is 6.37. The summed E-state index contributed by atoms with van der Waals surface area (Å²) in [5.74, 6) is 0.0466. The second-order valence-corrected chi connectivity index (χ2v) is 4.60. The Hall–Kier alpha value is -3.10. The number of aryl methyl sites for hydroxylation is 1. The largest absolute Gasteiger partial charge is 0.286 e. The normalized spacial score (nSPS) is 10.5. The van der Waals surface area contributed by atoms with Crippen molar-refractivity contribution in [2.45, 2.75) is 6.92 Å². The number of nitrogens with one attached hydrogen (secondary N) is 1. The predicted molar refractivity (Wildman–Crippen MR) is 76.8 cm³/mol. The summed E-state index contributed by atoms with van der Waals surface area (Å²) in [6.45, 7) is 1.72. The fourth-order valence-corrected chi connectivity index (χ4v) is 1.92. The second-order valence-electron chi connectivity index (χ2n) is 3.85. The summed E-state index contributed by atoms with van der Waals surface area (Å²) in [5.41, 5.74) is 2.95. The third-order valence-electron chi connectivity index (χ3n) is 2.39. The van der Waals surface area contributed by atoms with Crippen LogP contribution in [0.15, 0.2) is 29.4 Å². The van der Waals surface area contributed by atoms with Crippen molar-refractivity contribution in [2.75, 3.05) is 5.43 Å². The van der Waals surface area contributed by atoms with Crippen molar-refractivity contribution in [3.05, 3.63) is 41.2 Å². The summed E-state index contributed by atoms with van der Waals surface area (Å²) in [6.07, 6.45) is 0. The van der Waals surface area contributed by atoms with Gasteiger partial charge in [-0.3, -0.25) is 4.79 Å². The summed E-state index contributed by atoms with van der Waals surface area (Å²) < 4.78 is 3.94. The number of hydrazone groups is 1. The van der Waals surface area contributed by atoms with E-state index < -0.39 is 5.78 Å². The smallest absolute Gasteiger partial charge is 0.223 e. The molecule has 0 bridgehead atoms. The Morgan fingerprint density at radius 1 is 1.33 bits per heavy atom. The molecule has 21 heavy (non-hydrogen) atoms. The van der Waals surface area contributed by atoms with Crippen molar-refractivity contribution in [1.29, 1.82) is 10.5 Å². The lowest BCUT2D eigenvalue weighted by atomic mass is 10.1. The lowest BCUT2D eigenvalue weighted by molar-refractivity contribution is 0.106. The van der Waals surface area contributed by atoms with Gasteiger partial charge in [0.15, 0.2) is 0 Å². The van der Waals surface area contributed by atoms with Crippen LogP contribution in [-0.2, 0) is 0 Å². The Morgan fingerprint density at radius 3 is 2.57 bits per heavy atom. The molecule has 2 rings (SSSR count). The number of hydrogen-bond acceptors (Lipinski definition) is 8. The minimum atomic E-state index is -0.532. The third kappa shape index (κ3) is 3.47. The van der Waals surface area contributed by atoms with Crippen LogP contribution in [0.3, 0.4) is 0 Å². The molecule has 2 aromatic rings. The summed E-state index contributed by atoms with van der Waals surface area (Å²) >= 11 is 1.08. The fraction of sp³-hybridized carbons (Fsp3) is 0.0769. The Kier molecular flexibility index (Phi) is 4.34. The monoisotopic (exact) mass is 296 g/mol. The highest BCUT2D eigenvalue weighted by Crippen LogP contribution is 2.10. The van der Waals surface area contributed by atoms with Crippen LogP contribution in [0.4, 0.5) is 5.13 Å². The highest BCUT2D eigenvalue weighted by Gasteiger charge is 2.14. The number of nitrogens with zero attached hydrogens (tertiary/aromatic N) is 5. The molecule has 0 amide bonds. The van der Waals surface area contributed by atoms with Crippen molar-refractivity contribution in [3.8, 4) is 12.1 Å². The van der Waals surface area contributed by atoms with E-state index in [9.17, 15) is 4.79 Å². The number of Topliss-reactive ketones (excluding diaryl/α,β-unsaturated/α-hetero) is 1. The molecule has 0 atom stereocenters. The Balaban J connectivity index is 2.18. The standard InChI is InChI=1S/C13H8N6OS/c1-8-16-13(21-19-8)18-17-11(7-15)12(20)10-4-2-9(6-14)3-5-10/h2-5H,1H3,(H,16,18,19)/b17-11+. The van der Waals surface area contributed by atoms with Crippen molar-refractivity contribution < 1.29 is 4.79 Å². The van der Waals surface area contributed by atoms with Crippen LogP contribution in [0.1, 0.15) is 21.7 Å². The molecule has 1 aromatic carbocycles. The maximum absolute atomic E-state index is 12.1. The highest BCUT2D eigenvalue weighted by molar-refractivity contribution is 7.09. The molecule has 1 heterocycles. The molecule has 0 spiro atoms. The van der Waals surface area contributed by atoms with Gasteiger partial charge in [-0.05, 0) is 31.2 Å². The number of anilines is 1. The van der Waals surface area contributed by atoms with Gasteiger partial charge in [0.1, 0.15) is 11.9 Å². The van der Waals surface area contributed by atoms with E-state index in [1.807, 2.05) is 6.07 Å². The average Bonchev–Trinajstić information content (AvgIpc) is 2.93. The topological polar surface area (TPSA) is 115 Å². The van der Waals surface area contributed by atoms with E-state index in [-0.39, 0.29) is 11.3 Å². The van der Waals surface area contributed by atoms with Gasteiger partial charge in [-0.1, -0.05) is 0 Å². The number of rotatable bonds is 4. The van der Waals surface area contributed by atoms with Crippen LogP contribution in [-0.4, -0.2) is 20.9 Å². The van der Waals surface area contributed by atoms with E-state index in [4.69, 9.17) is 10.5 Å². The van der Waals surface area contributed by atoms with Crippen LogP contribution in [0.25, 0.3) is 0 Å². The van der Waals surface area contributed by atoms with Gasteiger partial charge in [0.25, 0.3) is 0 Å². The lowest BCUT2D eigenvalue weighted by Crippen LogP contribution is -2.14. The molecule has 1 N–H and O–H groups in total. The minimum absolute atomic E-state index is 0.282. The van der Waals surface area contributed by atoms with Crippen molar-refractivity contribution in [2.24, 2.45) is 5.10 Å². The molecule has 7 nitrogen and oxygen atoms in total. The van der Waals surface area contributed by atoms with Crippen molar-refractivity contribution >= 4 is 28.2 Å². The molecule has 0 aliphatic heterocycles. The van der Waals surface area contributed by atoms with Crippen LogP contribution in [0.2, 0.25) is 0 Å². The zero-order valence-corrected chi connectivity index (χ0v) is 11.7. The van der Waals surface area contributed by atoms with E-state index >= 15 is 0 Å². The number of benzene rings is 1. The molecule has 0 saturated carbocycles. The highest BCUT2D eigenvalue weighted by atomic mass is 32.1. The van der Waals surface area contributed by atoms with Crippen molar-refractivity contribution in [1.82, 2.24) is 9.36 Å². The first-order valence-electron chi connectivity index (χ1n) is 5.73. The Bertz CT molecular complexity index is 778. The van der Waals surface area contributed by atoms with Gasteiger partial charge in [-0.25, -0.2) is 10.4 Å². The predicted octanol–water partition coefficient (Wildman–Crippen LogP) is 1.89. The molecule has 0 aliphatic rings. The van der Waals surface area contributed by atoms with E-state index in [0.717, 1.165) is 11.5 Å². The molecule has 8 heteroatoms. The Morgan fingerprint density at radius 2 is 2.05 bits per heavy atom. The van der Waals surface area contributed by atoms with E-state index in [1.165, 1.54) is 24.3 Å². The summed E-state index contributed by atoms with van der Waals surface area (Å²) in [6, 6.07) is 9.65. The molecule has 0 unspecified atom stereocenters. The van der Waals surface area contributed by atoms with Gasteiger partial charge in [-0.2, -0.15) is 20.0 Å².